The predicted molar refractivity (Wildman–Crippen MR) is 117 cm³/mol. The van der Waals surface area contributed by atoms with Crippen molar-refractivity contribution in [1.29, 1.82) is 0 Å². The van der Waals surface area contributed by atoms with E-state index >= 15 is 0 Å². The van der Waals surface area contributed by atoms with Crippen molar-refractivity contribution in [2.75, 3.05) is 32.8 Å². The first kappa shape index (κ1) is 22.9. The maximum Gasteiger partial charge on any atom is 0.257 e. The lowest BCUT2D eigenvalue weighted by Crippen LogP contribution is -2.49. The van der Waals surface area contributed by atoms with E-state index in [4.69, 9.17) is 14.2 Å². The average molecular weight is 491 g/mol. The van der Waals surface area contributed by atoms with Gasteiger partial charge in [-0.25, -0.2) is 4.90 Å². The van der Waals surface area contributed by atoms with E-state index in [9.17, 15) is 14.4 Å². The highest BCUT2D eigenvalue weighted by molar-refractivity contribution is 9.10. The number of hydrogen-bond donors (Lipinski definition) is 0. The van der Waals surface area contributed by atoms with Crippen LogP contribution in [0.5, 0.6) is 5.75 Å². The van der Waals surface area contributed by atoms with Gasteiger partial charge >= 0.3 is 0 Å². The Morgan fingerprint density at radius 2 is 1.68 bits per heavy atom. The molecule has 1 aliphatic heterocycles. The number of carbonyl (C=O) groups excluding carboxylic acids is 3. The Balaban J connectivity index is 1.92. The average Bonchev–Trinajstić information content (AvgIpc) is 3.08. The van der Waals surface area contributed by atoms with Gasteiger partial charge in [0.15, 0.2) is 6.29 Å². The van der Waals surface area contributed by atoms with Crippen molar-refractivity contribution in [2.45, 2.75) is 18.8 Å². The molecule has 0 saturated carbocycles. The Morgan fingerprint density at radius 3 is 2.23 bits per heavy atom. The topological polar surface area (TPSA) is 85.4 Å². The van der Waals surface area contributed by atoms with Crippen LogP contribution in [0.15, 0.2) is 53.0 Å². The molecule has 0 N–H and O–H groups in total. The second-order valence-electron chi connectivity index (χ2n) is 6.85. The smallest absolute Gasteiger partial charge is 0.257 e. The molecule has 1 atom stereocenters. The second-order valence-corrected chi connectivity index (χ2v) is 7.77. The number of imide groups is 1. The molecule has 0 aromatic heterocycles. The van der Waals surface area contributed by atoms with E-state index in [0.717, 1.165) is 9.37 Å². The van der Waals surface area contributed by atoms with Crippen LogP contribution in [0.1, 0.15) is 16.8 Å². The number of rotatable bonds is 8. The van der Waals surface area contributed by atoms with Crippen LogP contribution in [-0.4, -0.2) is 62.8 Å². The van der Waals surface area contributed by atoms with Gasteiger partial charge < -0.3 is 19.1 Å². The molecule has 0 radical (unpaired) electrons. The molecule has 164 valence electrons. The Labute approximate surface area is 188 Å². The van der Waals surface area contributed by atoms with E-state index in [1.54, 1.807) is 48.5 Å². The number of nitrogens with zero attached hydrogens (tertiary/aromatic N) is 2. The SMILES string of the molecule is COc1ccc(C(=O)N(CC(OC)OC)C2CC(=O)N(c3ccc(Br)cc3)C2=O)cc1. The van der Waals surface area contributed by atoms with Crippen molar-refractivity contribution >= 4 is 39.3 Å². The zero-order chi connectivity index (χ0) is 22.5. The van der Waals surface area contributed by atoms with Gasteiger partial charge in [-0.2, -0.15) is 0 Å². The monoisotopic (exact) mass is 490 g/mol. The van der Waals surface area contributed by atoms with Crippen molar-refractivity contribution in [3.63, 3.8) is 0 Å². The minimum Gasteiger partial charge on any atom is -0.497 e. The number of methoxy groups -OCH3 is 3. The molecule has 2 aromatic rings. The molecule has 1 heterocycles. The van der Waals surface area contributed by atoms with Crippen molar-refractivity contribution in [2.24, 2.45) is 0 Å². The molecule has 9 heteroatoms. The summed E-state index contributed by atoms with van der Waals surface area (Å²) in [5.74, 6) is -0.662. The molecule has 1 saturated heterocycles. The zero-order valence-electron chi connectivity index (χ0n) is 17.4. The molecule has 1 unspecified atom stereocenters. The van der Waals surface area contributed by atoms with E-state index in [0.29, 0.717) is 17.0 Å². The molecule has 0 aliphatic carbocycles. The van der Waals surface area contributed by atoms with E-state index in [-0.39, 0.29) is 18.9 Å². The lowest BCUT2D eigenvalue weighted by molar-refractivity contribution is -0.128. The van der Waals surface area contributed by atoms with Crippen LogP contribution in [0.4, 0.5) is 5.69 Å². The third-order valence-electron chi connectivity index (χ3n) is 5.05. The molecule has 0 spiro atoms. The minimum atomic E-state index is -0.974. The van der Waals surface area contributed by atoms with Gasteiger partial charge in [0.1, 0.15) is 11.8 Å². The molecule has 3 amide bonds. The van der Waals surface area contributed by atoms with Crippen molar-refractivity contribution < 1.29 is 28.6 Å². The molecule has 1 aliphatic rings. The number of amides is 3. The maximum atomic E-state index is 13.3. The lowest BCUT2D eigenvalue weighted by Gasteiger charge is -2.30. The van der Waals surface area contributed by atoms with Crippen LogP contribution in [0.25, 0.3) is 0 Å². The summed E-state index contributed by atoms with van der Waals surface area (Å²) in [6.07, 6.45) is -0.886. The maximum absolute atomic E-state index is 13.3. The van der Waals surface area contributed by atoms with Crippen molar-refractivity contribution in [3.05, 3.63) is 58.6 Å². The van der Waals surface area contributed by atoms with E-state index < -0.39 is 24.1 Å². The van der Waals surface area contributed by atoms with E-state index in [2.05, 4.69) is 15.9 Å². The fourth-order valence-corrected chi connectivity index (χ4v) is 3.64. The van der Waals surface area contributed by atoms with Gasteiger partial charge in [-0.3, -0.25) is 14.4 Å². The quantitative estimate of drug-likeness (QED) is 0.417. The third-order valence-corrected chi connectivity index (χ3v) is 5.58. The van der Waals surface area contributed by atoms with Crippen LogP contribution < -0.4 is 9.64 Å². The van der Waals surface area contributed by atoms with E-state index in [1.807, 2.05) is 0 Å². The predicted octanol–water partition coefficient (Wildman–Crippen LogP) is 2.85. The Morgan fingerprint density at radius 1 is 1.06 bits per heavy atom. The van der Waals surface area contributed by atoms with Crippen LogP contribution in [0.3, 0.4) is 0 Å². The normalized spacial score (nSPS) is 16.2. The molecule has 31 heavy (non-hydrogen) atoms. The lowest BCUT2D eigenvalue weighted by atomic mass is 10.1. The summed E-state index contributed by atoms with van der Waals surface area (Å²) >= 11 is 3.34. The summed E-state index contributed by atoms with van der Waals surface area (Å²) in [4.78, 5) is 41.7. The van der Waals surface area contributed by atoms with Crippen LogP contribution >= 0.6 is 15.9 Å². The molecule has 2 aromatic carbocycles. The Kier molecular flexibility index (Phi) is 7.42. The highest BCUT2D eigenvalue weighted by Gasteiger charge is 2.45. The molecule has 1 fully saturated rings. The number of benzene rings is 2. The Bertz CT molecular complexity index is 943. The summed E-state index contributed by atoms with van der Waals surface area (Å²) in [6, 6.07) is 12.4. The second kappa shape index (κ2) is 10.0. The van der Waals surface area contributed by atoms with Crippen LogP contribution in [0, 0.1) is 0 Å². The number of ether oxygens (including phenoxy) is 3. The van der Waals surface area contributed by atoms with Gasteiger partial charge in [0, 0.05) is 24.3 Å². The molecular weight excluding hydrogens is 468 g/mol. The first-order chi connectivity index (χ1) is 14.9. The summed E-state index contributed by atoms with van der Waals surface area (Å²) in [7, 11) is 4.42. The largest absolute Gasteiger partial charge is 0.497 e. The molecular formula is C22H23BrN2O6. The molecule has 8 nitrogen and oxygen atoms in total. The van der Waals surface area contributed by atoms with Crippen LogP contribution in [0.2, 0.25) is 0 Å². The van der Waals surface area contributed by atoms with Gasteiger partial charge in [-0.1, -0.05) is 15.9 Å². The van der Waals surface area contributed by atoms with Crippen molar-refractivity contribution in [3.8, 4) is 5.75 Å². The molecule has 3 rings (SSSR count). The highest BCUT2D eigenvalue weighted by Crippen LogP contribution is 2.28. The van der Waals surface area contributed by atoms with Crippen LogP contribution in [-0.2, 0) is 19.1 Å². The third kappa shape index (κ3) is 4.95. The fourth-order valence-electron chi connectivity index (χ4n) is 3.38. The number of hydrogen-bond acceptors (Lipinski definition) is 6. The Hall–Kier alpha value is -2.75. The van der Waals surface area contributed by atoms with Gasteiger partial charge in [0.25, 0.3) is 11.8 Å². The zero-order valence-corrected chi connectivity index (χ0v) is 19.0. The van der Waals surface area contributed by atoms with Gasteiger partial charge in [0.2, 0.25) is 5.91 Å². The molecule has 0 bridgehead atoms. The first-order valence-electron chi connectivity index (χ1n) is 9.52. The van der Waals surface area contributed by atoms with Gasteiger partial charge in [-0.05, 0) is 48.5 Å². The van der Waals surface area contributed by atoms with E-state index in [1.165, 1.54) is 26.2 Å². The summed E-state index contributed by atoms with van der Waals surface area (Å²) in [5.41, 5.74) is 0.807. The summed E-state index contributed by atoms with van der Waals surface area (Å²) < 4.78 is 16.5. The summed E-state index contributed by atoms with van der Waals surface area (Å²) in [6.45, 7) is -0.0181. The number of halogens is 1. The summed E-state index contributed by atoms with van der Waals surface area (Å²) in [5, 5.41) is 0. The highest BCUT2D eigenvalue weighted by atomic mass is 79.9. The van der Waals surface area contributed by atoms with Gasteiger partial charge in [-0.15, -0.1) is 0 Å². The first-order valence-corrected chi connectivity index (χ1v) is 10.3. The fraction of sp³-hybridized carbons (Fsp3) is 0.318. The minimum absolute atomic E-state index is 0.0181. The van der Waals surface area contributed by atoms with Gasteiger partial charge in [0.05, 0.1) is 25.8 Å². The standard InChI is InChI=1S/C22H23BrN2O6/c1-29-17-10-4-14(5-11-17)21(27)24(13-20(30-2)31-3)18-12-19(26)25(22(18)28)16-8-6-15(23)7-9-16/h4-11,18,20H,12-13H2,1-3H3. The number of carbonyl (C=O) groups is 3. The number of anilines is 1. The van der Waals surface area contributed by atoms with Crippen molar-refractivity contribution in [1.82, 2.24) is 4.90 Å².